The van der Waals surface area contributed by atoms with Crippen molar-refractivity contribution in [3.05, 3.63) is 34.9 Å². The molecular formula is C13H20ClN. The van der Waals surface area contributed by atoms with Crippen molar-refractivity contribution >= 4 is 11.6 Å². The fourth-order valence-corrected chi connectivity index (χ4v) is 1.99. The average molecular weight is 226 g/mol. The topological polar surface area (TPSA) is 3.24 Å². The van der Waals surface area contributed by atoms with Crippen molar-refractivity contribution in [2.45, 2.75) is 32.7 Å². The van der Waals surface area contributed by atoms with E-state index in [4.69, 9.17) is 11.6 Å². The van der Waals surface area contributed by atoms with Gasteiger partial charge in [-0.25, -0.2) is 0 Å². The minimum Gasteiger partial charge on any atom is -0.301 e. The number of alkyl halides is 1. The summed E-state index contributed by atoms with van der Waals surface area (Å²) in [7, 11) is 2.11. The maximum Gasteiger partial charge on any atom is 0.0435 e. The molecular weight excluding hydrogens is 206 g/mol. The van der Waals surface area contributed by atoms with Gasteiger partial charge in [-0.3, -0.25) is 0 Å². The van der Waals surface area contributed by atoms with Crippen LogP contribution in [0.5, 0.6) is 0 Å². The lowest BCUT2D eigenvalue weighted by Gasteiger charge is -2.19. The van der Waals surface area contributed by atoms with E-state index in [9.17, 15) is 0 Å². The lowest BCUT2D eigenvalue weighted by atomic mass is 10.1. The van der Waals surface area contributed by atoms with Crippen LogP contribution in [-0.4, -0.2) is 23.9 Å². The molecule has 15 heavy (non-hydrogen) atoms. The van der Waals surface area contributed by atoms with Gasteiger partial charge in [0.25, 0.3) is 0 Å². The number of nitrogens with zero attached hydrogens (tertiary/aromatic N) is 1. The van der Waals surface area contributed by atoms with Crippen molar-refractivity contribution in [1.82, 2.24) is 4.90 Å². The highest BCUT2D eigenvalue weighted by Gasteiger charge is 2.06. The SMILES string of the molecule is Cc1ccc(C)c(CN(C)CC(C)Cl)c1. The molecule has 0 spiro atoms. The van der Waals surface area contributed by atoms with E-state index in [0.717, 1.165) is 13.1 Å². The van der Waals surface area contributed by atoms with Crippen molar-refractivity contribution in [1.29, 1.82) is 0 Å². The fourth-order valence-electron chi connectivity index (χ4n) is 1.76. The van der Waals surface area contributed by atoms with Crippen LogP contribution in [0.1, 0.15) is 23.6 Å². The first-order valence-electron chi connectivity index (χ1n) is 5.38. The standard InChI is InChI=1S/C13H20ClN/c1-10-5-6-11(2)13(7-10)9-15(4)8-12(3)14/h5-7,12H,8-9H2,1-4H3. The quantitative estimate of drug-likeness (QED) is 0.711. The van der Waals surface area contributed by atoms with Crippen LogP contribution >= 0.6 is 11.6 Å². The molecule has 1 rings (SSSR count). The molecule has 1 aromatic carbocycles. The number of rotatable bonds is 4. The van der Waals surface area contributed by atoms with E-state index in [2.05, 4.69) is 44.0 Å². The molecule has 1 unspecified atom stereocenters. The van der Waals surface area contributed by atoms with Gasteiger partial charge in [-0.2, -0.15) is 0 Å². The van der Waals surface area contributed by atoms with Gasteiger partial charge in [-0.1, -0.05) is 23.8 Å². The monoisotopic (exact) mass is 225 g/mol. The molecule has 0 fully saturated rings. The predicted molar refractivity (Wildman–Crippen MR) is 67.6 cm³/mol. The van der Waals surface area contributed by atoms with Gasteiger partial charge >= 0.3 is 0 Å². The molecule has 1 atom stereocenters. The van der Waals surface area contributed by atoms with Crippen LogP contribution in [0.15, 0.2) is 18.2 Å². The molecule has 0 aromatic heterocycles. The smallest absolute Gasteiger partial charge is 0.0435 e. The molecule has 0 heterocycles. The summed E-state index contributed by atoms with van der Waals surface area (Å²) in [6.07, 6.45) is 0. The maximum absolute atomic E-state index is 5.97. The van der Waals surface area contributed by atoms with Crippen LogP contribution in [0, 0.1) is 13.8 Å². The van der Waals surface area contributed by atoms with Gasteiger partial charge in [0.1, 0.15) is 0 Å². The largest absolute Gasteiger partial charge is 0.301 e. The van der Waals surface area contributed by atoms with Crippen LogP contribution in [0.3, 0.4) is 0 Å². The molecule has 1 nitrogen and oxygen atoms in total. The third-order valence-electron chi connectivity index (χ3n) is 2.51. The Morgan fingerprint density at radius 1 is 1.33 bits per heavy atom. The second-order valence-corrected chi connectivity index (χ2v) is 5.15. The summed E-state index contributed by atoms with van der Waals surface area (Å²) in [6, 6.07) is 6.59. The first kappa shape index (κ1) is 12.5. The van der Waals surface area contributed by atoms with E-state index in [1.165, 1.54) is 16.7 Å². The maximum atomic E-state index is 5.97. The molecule has 0 aliphatic carbocycles. The van der Waals surface area contributed by atoms with Crippen LogP contribution < -0.4 is 0 Å². The Morgan fingerprint density at radius 3 is 2.60 bits per heavy atom. The number of hydrogen-bond acceptors (Lipinski definition) is 1. The van der Waals surface area contributed by atoms with Gasteiger partial charge in [0, 0.05) is 18.5 Å². The van der Waals surface area contributed by atoms with Crippen molar-refractivity contribution in [2.24, 2.45) is 0 Å². The number of hydrogen-bond donors (Lipinski definition) is 0. The molecule has 0 aliphatic rings. The van der Waals surface area contributed by atoms with E-state index in [0.29, 0.717) is 0 Å². The summed E-state index contributed by atoms with van der Waals surface area (Å²) < 4.78 is 0. The highest BCUT2D eigenvalue weighted by Crippen LogP contribution is 2.13. The normalized spacial score (nSPS) is 13.2. The van der Waals surface area contributed by atoms with Crippen LogP contribution in [0.25, 0.3) is 0 Å². The van der Waals surface area contributed by atoms with Gasteiger partial charge in [0.05, 0.1) is 0 Å². The minimum absolute atomic E-state index is 0.208. The van der Waals surface area contributed by atoms with Crippen molar-refractivity contribution in [3.63, 3.8) is 0 Å². The van der Waals surface area contributed by atoms with Crippen molar-refractivity contribution in [3.8, 4) is 0 Å². The number of halogens is 1. The zero-order chi connectivity index (χ0) is 11.4. The Morgan fingerprint density at radius 2 is 2.00 bits per heavy atom. The predicted octanol–water partition coefficient (Wildman–Crippen LogP) is 3.36. The fraction of sp³-hybridized carbons (Fsp3) is 0.538. The Labute approximate surface area is 98.0 Å². The first-order valence-corrected chi connectivity index (χ1v) is 5.81. The molecule has 0 N–H and O–H groups in total. The minimum atomic E-state index is 0.208. The number of aryl methyl sites for hydroxylation is 2. The van der Waals surface area contributed by atoms with E-state index in [-0.39, 0.29) is 5.38 Å². The van der Waals surface area contributed by atoms with Crippen LogP contribution in [-0.2, 0) is 6.54 Å². The van der Waals surface area contributed by atoms with E-state index >= 15 is 0 Å². The third-order valence-corrected chi connectivity index (χ3v) is 2.65. The summed E-state index contributed by atoms with van der Waals surface area (Å²) in [5, 5.41) is 0.208. The van der Waals surface area contributed by atoms with Crippen molar-refractivity contribution in [2.75, 3.05) is 13.6 Å². The first-order chi connectivity index (χ1) is 6.99. The van der Waals surface area contributed by atoms with Crippen LogP contribution in [0.2, 0.25) is 0 Å². The highest BCUT2D eigenvalue weighted by atomic mass is 35.5. The lowest BCUT2D eigenvalue weighted by Crippen LogP contribution is -2.24. The van der Waals surface area contributed by atoms with Crippen LogP contribution in [0.4, 0.5) is 0 Å². The molecule has 84 valence electrons. The molecule has 1 aromatic rings. The Bertz CT molecular complexity index is 320. The van der Waals surface area contributed by atoms with E-state index < -0.39 is 0 Å². The Hall–Kier alpha value is -0.530. The molecule has 0 radical (unpaired) electrons. The summed E-state index contributed by atoms with van der Waals surface area (Å²) in [6.45, 7) is 8.22. The summed E-state index contributed by atoms with van der Waals surface area (Å²) in [5.41, 5.74) is 4.08. The van der Waals surface area contributed by atoms with E-state index in [1.54, 1.807) is 0 Å². The summed E-state index contributed by atoms with van der Waals surface area (Å²) in [4.78, 5) is 2.26. The second kappa shape index (κ2) is 5.53. The summed E-state index contributed by atoms with van der Waals surface area (Å²) >= 11 is 5.97. The molecule has 0 aliphatic heterocycles. The van der Waals surface area contributed by atoms with Gasteiger partial charge < -0.3 is 4.90 Å². The van der Waals surface area contributed by atoms with E-state index in [1.807, 2.05) is 6.92 Å². The Kier molecular flexibility index (Phi) is 4.62. The summed E-state index contributed by atoms with van der Waals surface area (Å²) in [5.74, 6) is 0. The lowest BCUT2D eigenvalue weighted by molar-refractivity contribution is 0.329. The molecule has 0 saturated carbocycles. The molecule has 0 amide bonds. The number of benzene rings is 1. The third kappa shape index (κ3) is 4.23. The average Bonchev–Trinajstić information content (AvgIpc) is 2.10. The molecule has 0 saturated heterocycles. The Balaban J connectivity index is 2.67. The van der Waals surface area contributed by atoms with Gasteiger partial charge in [-0.05, 0) is 38.9 Å². The zero-order valence-corrected chi connectivity index (χ0v) is 10.8. The van der Waals surface area contributed by atoms with Gasteiger partial charge in [-0.15, -0.1) is 11.6 Å². The van der Waals surface area contributed by atoms with Crippen molar-refractivity contribution < 1.29 is 0 Å². The zero-order valence-electron chi connectivity index (χ0n) is 10.0. The second-order valence-electron chi connectivity index (χ2n) is 4.41. The van der Waals surface area contributed by atoms with Gasteiger partial charge in [0.15, 0.2) is 0 Å². The molecule has 0 bridgehead atoms. The molecule has 2 heteroatoms. The van der Waals surface area contributed by atoms with Gasteiger partial charge in [0.2, 0.25) is 0 Å². The highest BCUT2D eigenvalue weighted by molar-refractivity contribution is 6.20.